The fraction of sp³-hybridized carbons (Fsp3) is 0.412. The highest BCUT2D eigenvalue weighted by Crippen LogP contribution is 2.47. The Labute approximate surface area is 258 Å². The lowest BCUT2D eigenvalue weighted by molar-refractivity contribution is -0.116. The Hall–Kier alpha value is -2.93. The number of aryl methyl sites for hydroxylation is 2. The second kappa shape index (κ2) is 12.4. The summed E-state index contributed by atoms with van der Waals surface area (Å²) in [6.45, 7) is 9.34. The smallest absolute Gasteiger partial charge is 0.253 e. The van der Waals surface area contributed by atoms with Gasteiger partial charge in [0.25, 0.3) is 5.91 Å². The predicted octanol–water partition coefficient (Wildman–Crippen LogP) is 7.40. The van der Waals surface area contributed by atoms with Gasteiger partial charge in [0.15, 0.2) is 0 Å². The summed E-state index contributed by atoms with van der Waals surface area (Å²) in [4.78, 5) is 31.8. The first kappa shape index (κ1) is 30.5. The standard InChI is InChI=1S/C34H38Cl2FN3O2/c1-22-15-23(2)17-27(16-22)33(42)38(4)20-26(25-5-8-30(35)31(36)18-25)9-12-39-13-10-34(11-14-39)21-40(24(3)41)32-19-28(37)6-7-29(32)34/h5-8,15-19,26H,9-14,20-21H2,1-4H3/t26-/m1/s1. The summed E-state index contributed by atoms with van der Waals surface area (Å²) in [5.74, 6) is -0.300. The van der Waals surface area contributed by atoms with Gasteiger partial charge in [-0.15, -0.1) is 0 Å². The zero-order valence-corrected chi connectivity index (χ0v) is 26.2. The maximum Gasteiger partial charge on any atom is 0.253 e. The van der Waals surface area contributed by atoms with E-state index in [4.69, 9.17) is 23.2 Å². The van der Waals surface area contributed by atoms with Crippen LogP contribution in [0.4, 0.5) is 10.1 Å². The van der Waals surface area contributed by atoms with Crippen LogP contribution in [0, 0.1) is 19.7 Å². The first-order valence-corrected chi connectivity index (χ1v) is 15.3. The molecule has 0 N–H and O–H groups in total. The van der Waals surface area contributed by atoms with Gasteiger partial charge in [0.05, 0.1) is 15.7 Å². The summed E-state index contributed by atoms with van der Waals surface area (Å²) in [6.07, 6.45) is 2.65. The summed E-state index contributed by atoms with van der Waals surface area (Å²) in [6, 6.07) is 16.6. The molecule has 0 aromatic heterocycles. The normalized spacial score (nSPS) is 16.9. The number of piperidine rings is 1. The maximum atomic E-state index is 14.1. The van der Waals surface area contributed by atoms with Gasteiger partial charge in [0.1, 0.15) is 5.82 Å². The van der Waals surface area contributed by atoms with E-state index in [1.54, 1.807) is 16.7 Å². The highest BCUT2D eigenvalue weighted by atomic mass is 35.5. The quantitative estimate of drug-likeness (QED) is 0.280. The Morgan fingerprint density at radius 2 is 1.67 bits per heavy atom. The van der Waals surface area contributed by atoms with Gasteiger partial charge in [-0.25, -0.2) is 4.39 Å². The van der Waals surface area contributed by atoms with E-state index in [1.807, 2.05) is 57.3 Å². The second-order valence-corrected chi connectivity index (χ2v) is 12.9. The number of likely N-dealkylation sites (N-methyl/N-ethyl adjacent to an activating group) is 1. The number of benzene rings is 3. The van der Waals surface area contributed by atoms with E-state index < -0.39 is 0 Å². The number of fused-ring (bicyclic) bond motifs is 2. The topological polar surface area (TPSA) is 43.9 Å². The van der Waals surface area contributed by atoms with Gasteiger partial charge < -0.3 is 14.7 Å². The third kappa shape index (κ3) is 6.36. The predicted molar refractivity (Wildman–Crippen MR) is 168 cm³/mol. The zero-order valence-electron chi connectivity index (χ0n) is 24.7. The van der Waals surface area contributed by atoms with Crippen molar-refractivity contribution >= 4 is 40.7 Å². The second-order valence-electron chi connectivity index (χ2n) is 12.1. The summed E-state index contributed by atoms with van der Waals surface area (Å²) < 4.78 is 14.1. The fourth-order valence-electron chi connectivity index (χ4n) is 6.76. The largest absolute Gasteiger partial charge is 0.341 e. The van der Waals surface area contributed by atoms with Crippen molar-refractivity contribution in [2.24, 2.45) is 0 Å². The number of carbonyl (C=O) groups excluding carboxylic acids is 2. The van der Waals surface area contributed by atoms with Crippen LogP contribution in [0.25, 0.3) is 0 Å². The Bertz CT molecular complexity index is 1480. The first-order valence-electron chi connectivity index (χ1n) is 14.5. The van der Waals surface area contributed by atoms with Crippen molar-refractivity contribution in [1.29, 1.82) is 0 Å². The molecule has 2 amide bonds. The van der Waals surface area contributed by atoms with Crippen LogP contribution in [-0.2, 0) is 10.2 Å². The minimum absolute atomic E-state index is 0.00173. The molecule has 2 aliphatic heterocycles. The van der Waals surface area contributed by atoms with Gasteiger partial charge in [-0.2, -0.15) is 0 Å². The SMILES string of the molecule is CC(=O)N1CC2(CCN(CC[C@H](CN(C)C(=O)c3cc(C)cc(C)c3)c3ccc(Cl)c(Cl)c3)CC2)c2ccc(F)cc21. The number of nitrogens with zero attached hydrogens (tertiary/aromatic N) is 3. The molecule has 1 atom stereocenters. The Morgan fingerprint density at radius 3 is 2.31 bits per heavy atom. The van der Waals surface area contributed by atoms with E-state index in [1.165, 1.54) is 12.1 Å². The molecule has 0 bridgehead atoms. The van der Waals surface area contributed by atoms with Gasteiger partial charge >= 0.3 is 0 Å². The zero-order chi connectivity index (χ0) is 30.2. The minimum atomic E-state index is -0.316. The first-order chi connectivity index (χ1) is 20.0. The number of amides is 2. The molecule has 1 fully saturated rings. The molecule has 0 saturated carbocycles. The number of halogens is 3. The molecular weight excluding hydrogens is 572 g/mol. The van der Waals surface area contributed by atoms with Crippen LogP contribution in [-0.4, -0.2) is 61.4 Å². The van der Waals surface area contributed by atoms with E-state index in [2.05, 4.69) is 11.0 Å². The Morgan fingerprint density at radius 1 is 0.976 bits per heavy atom. The van der Waals surface area contributed by atoms with Crippen molar-refractivity contribution in [3.8, 4) is 0 Å². The highest BCUT2D eigenvalue weighted by molar-refractivity contribution is 6.42. The summed E-state index contributed by atoms with van der Waals surface area (Å²) in [5, 5.41) is 1.02. The van der Waals surface area contributed by atoms with E-state index in [0.717, 1.165) is 61.2 Å². The van der Waals surface area contributed by atoms with E-state index in [9.17, 15) is 14.0 Å². The Balaban J connectivity index is 1.28. The van der Waals surface area contributed by atoms with Crippen LogP contribution < -0.4 is 4.90 Å². The number of hydrogen-bond donors (Lipinski definition) is 0. The maximum absolute atomic E-state index is 14.1. The fourth-order valence-corrected chi connectivity index (χ4v) is 7.07. The van der Waals surface area contributed by atoms with E-state index in [0.29, 0.717) is 34.4 Å². The summed E-state index contributed by atoms with van der Waals surface area (Å²) >= 11 is 12.7. The average Bonchev–Trinajstić information content (AvgIpc) is 3.25. The highest BCUT2D eigenvalue weighted by Gasteiger charge is 2.45. The number of rotatable bonds is 7. The van der Waals surface area contributed by atoms with Crippen LogP contribution >= 0.6 is 23.2 Å². The summed E-state index contributed by atoms with van der Waals surface area (Å²) in [7, 11) is 1.86. The Kier molecular flexibility index (Phi) is 8.98. The average molecular weight is 611 g/mol. The van der Waals surface area contributed by atoms with Crippen molar-refractivity contribution in [2.75, 3.05) is 44.7 Å². The molecule has 222 valence electrons. The molecule has 0 radical (unpaired) electrons. The minimum Gasteiger partial charge on any atom is -0.341 e. The van der Waals surface area contributed by atoms with Crippen molar-refractivity contribution in [2.45, 2.75) is 51.4 Å². The van der Waals surface area contributed by atoms with Crippen LogP contribution in [0.1, 0.15) is 64.7 Å². The molecule has 5 rings (SSSR count). The van der Waals surface area contributed by atoms with Gasteiger partial charge in [0, 0.05) is 44.0 Å². The molecule has 8 heteroatoms. The van der Waals surface area contributed by atoms with Crippen molar-refractivity contribution in [3.05, 3.63) is 98.3 Å². The molecule has 0 unspecified atom stereocenters. The summed E-state index contributed by atoms with van der Waals surface area (Å²) in [5.41, 5.74) is 5.54. The van der Waals surface area contributed by atoms with Crippen molar-refractivity contribution in [1.82, 2.24) is 9.80 Å². The molecule has 42 heavy (non-hydrogen) atoms. The van der Waals surface area contributed by atoms with Gasteiger partial charge in [-0.05, 0) is 100 Å². The number of anilines is 1. The van der Waals surface area contributed by atoms with Crippen molar-refractivity contribution in [3.63, 3.8) is 0 Å². The van der Waals surface area contributed by atoms with E-state index in [-0.39, 0.29) is 29.0 Å². The molecule has 5 nitrogen and oxygen atoms in total. The third-order valence-electron chi connectivity index (χ3n) is 8.99. The molecule has 0 aliphatic carbocycles. The molecule has 3 aromatic carbocycles. The van der Waals surface area contributed by atoms with Gasteiger partial charge in [0.2, 0.25) is 5.91 Å². The van der Waals surface area contributed by atoms with Crippen LogP contribution in [0.5, 0.6) is 0 Å². The lowest BCUT2D eigenvalue weighted by Crippen LogP contribution is -2.46. The molecule has 1 saturated heterocycles. The number of carbonyl (C=O) groups is 2. The third-order valence-corrected chi connectivity index (χ3v) is 9.73. The van der Waals surface area contributed by atoms with E-state index >= 15 is 0 Å². The molecule has 2 heterocycles. The molecular formula is C34H38Cl2FN3O2. The van der Waals surface area contributed by atoms with Crippen LogP contribution in [0.2, 0.25) is 10.0 Å². The van der Waals surface area contributed by atoms with Crippen molar-refractivity contribution < 1.29 is 14.0 Å². The van der Waals surface area contributed by atoms with Gasteiger partial charge in [-0.3, -0.25) is 9.59 Å². The lowest BCUT2D eigenvalue weighted by Gasteiger charge is -2.40. The molecule has 3 aromatic rings. The lowest BCUT2D eigenvalue weighted by atomic mass is 9.74. The van der Waals surface area contributed by atoms with Gasteiger partial charge in [-0.1, -0.05) is 52.5 Å². The van der Waals surface area contributed by atoms with Crippen LogP contribution in [0.3, 0.4) is 0 Å². The molecule has 1 spiro atoms. The number of hydrogen-bond acceptors (Lipinski definition) is 3. The number of likely N-dealkylation sites (tertiary alicyclic amines) is 1. The van der Waals surface area contributed by atoms with Crippen LogP contribution in [0.15, 0.2) is 54.6 Å². The monoisotopic (exact) mass is 609 g/mol. The molecule has 2 aliphatic rings.